The number of anilines is 1. The summed E-state index contributed by atoms with van der Waals surface area (Å²) >= 11 is 0. The summed E-state index contributed by atoms with van der Waals surface area (Å²) in [5, 5.41) is 20.7. The third-order valence-corrected chi connectivity index (χ3v) is 3.19. The van der Waals surface area contributed by atoms with E-state index < -0.39 is 24.1 Å². The highest BCUT2D eigenvalue weighted by Gasteiger charge is 2.29. The molecule has 0 saturated carbocycles. The molecular formula is C15H19NO7. The van der Waals surface area contributed by atoms with Crippen molar-refractivity contribution in [1.29, 1.82) is 0 Å². The van der Waals surface area contributed by atoms with Crippen LogP contribution in [0.25, 0.3) is 0 Å². The summed E-state index contributed by atoms with van der Waals surface area (Å²) in [4.78, 5) is 33.6. The number of nitrogens with one attached hydrogen (secondary N) is 1. The molecule has 1 amide bonds. The summed E-state index contributed by atoms with van der Waals surface area (Å²) < 4.78 is 10.4. The molecule has 0 heterocycles. The number of ether oxygens (including phenoxy) is 2. The van der Waals surface area contributed by atoms with Gasteiger partial charge in [-0.15, -0.1) is 0 Å². The molecule has 0 atom stereocenters. The second kappa shape index (κ2) is 8.25. The molecule has 1 aromatic carbocycles. The summed E-state index contributed by atoms with van der Waals surface area (Å²) in [5.74, 6) is -4.84. The minimum absolute atomic E-state index is 0.267. The molecule has 0 spiro atoms. The van der Waals surface area contributed by atoms with E-state index >= 15 is 0 Å². The number of carbonyl (C=O) groups excluding carboxylic acids is 1. The monoisotopic (exact) mass is 325 g/mol. The van der Waals surface area contributed by atoms with Gasteiger partial charge in [-0.25, -0.2) is 0 Å². The Morgan fingerprint density at radius 2 is 1.70 bits per heavy atom. The van der Waals surface area contributed by atoms with Gasteiger partial charge in [-0.3, -0.25) is 14.4 Å². The first-order chi connectivity index (χ1) is 10.8. The Bertz CT molecular complexity index is 581. The summed E-state index contributed by atoms with van der Waals surface area (Å²) in [6.45, 7) is 1.32. The zero-order valence-electron chi connectivity index (χ0n) is 13.0. The highest BCUT2D eigenvalue weighted by molar-refractivity contribution is 5.93. The van der Waals surface area contributed by atoms with Gasteiger partial charge < -0.3 is 25.0 Å². The number of carboxylic acids is 2. The normalized spacial score (nSPS) is 10.8. The van der Waals surface area contributed by atoms with E-state index in [4.69, 9.17) is 19.7 Å². The van der Waals surface area contributed by atoms with Crippen molar-refractivity contribution in [2.24, 2.45) is 5.92 Å². The van der Waals surface area contributed by atoms with Crippen molar-refractivity contribution in [2.75, 3.05) is 19.5 Å². The van der Waals surface area contributed by atoms with Crippen LogP contribution in [0.4, 0.5) is 5.69 Å². The minimum atomic E-state index is -1.62. The molecule has 126 valence electrons. The van der Waals surface area contributed by atoms with Gasteiger partial charge in [0.2, 0.25) is 5.91 Å². The van der Waals surface area contributed by atoms with Crippen LogP contribution >= 0.6 is 0 Å². The van der Waals surface area contributed by atoms with Crippen LogP contribution in [0.3, 0.4) is 0 Å². The van der Waals surface area contributed by atoms with Crippen LogP contribution in [0.2, 0.25) is 0 Å². The van der Waals surface area contributed by atoms with Gasteiger partial charge in [-0.05, 0) is 18.1 Å². The predicted molar refractivity (Wildman–Crippen MR) is 80.0 cm³/mol. The molecule has 1 rings (SSSR count). The van der Waals surface area contributed by atoms with E-state index in [1.807, 2.05) is 0 Å². The predicted octanol–water partition coefficient (Wildman–Crippen LogP) is 1.26. The van der Waals surface area contributed by atoms with Crippen LogP contribution in [-0.4, -0.2) is 42.3 Å². The fourth-order valence-corrected chi connectivity index (χ4v) is 2.20. The van der Waals surface area contributed by atoms with E-state index in [2.05, 4.69) is 5.32 Å². The van der Waals surface area contributed by atoms with E-state index in [1.54, 1.807) is 18.2 Å². The standard InChI is InChI=1S/C15H19NO7/c1-8(17)16-11-6-4-5-9(12(11)15(22-2)23-3)7-10(13(18)19)14(20)21/h4-6,10,15H,7H2,1-3H3,(H,16,17)(H,18,19)(H,20,21). The molecule has 1 aromatic rings. The lowest BCUT2D eigenvalue weighted by Gasteiger charge is -2.22. The molecule has 0 aliphatic heterocycles. The molecule has 0 aromatic heterocycles. The minimum Gasteiger partial charge on any atom is -0.481 e. The summed E-state index contributed by atoms with van der Waals surface area (Å²) in [6.07, 6.45) is -1.15. The van der Waals surface area contributed by atoms with Crippen LogP contribution in [0.5, 0.6) is 0 Å². The number of carbonyl (C=O) groups is 3. The third-order valence-electron chi connectivity index (χ3n) is 3.19. The third kappa shape index (κ3) is 4.76. The Balaban J connectivity index is 3.37. The molecular weight excluding hydrogens is 306 g/mol. The first kappa shape index (κ1) is 18.6. The largest absolute Gasteiger partial charge is 0.481 e. The SMILES string of the molecule is COC(OC)c1c(CC(C(=O)O)C(=O)O)cccc1NC(C)=O. The lowest BCUT2D eigenvalue weighted by Crippen LogP contribution is -2.26. The number of carboxylic acid groups (broad SMARTS) is 2. The Morgan fingerprint density at radius 3 is 2.13 bits per heavy atom. The highest BCUT2D eigenvalue weighted by atomic mass is 16.7. The maximum absolute atomic E-state index is 11.3. The average Bonchev–Trinajstić information content (AvgIpc) is 2.46. The number of hydrogen-bond acceptors (Lipinski definition) is 5. The Hall–Kier alpha value is -2.45. The van der Waals surface area contributed by atoms with Crippen molar-refractivity contribution in [1.82, 2.24) is 0 Å². The number of amides is 1. The number of hydrogen-bond donors (Lipinski definition) is 3. The quantitative estimate of drug-likeness (QED) is 0.486. The lowest BCUT2D eigenvalue weighted by molar-refractivity contribution is -0.154. The second-order valence-corrected chi connectivity index (χ2v) is 4.80. The van der Waals surface area contributed by atoms with E-state index in [1.165, 1.54) is 21.1 Å². The van der Waals surface area contributed by atoms with Gasteiger partial charge in [0.15, 0.2) is 12.2 Å². The number of rotatable bonds is 8. The van der Waals surface area contributed by atoms with E-state index in [0.29, 0.717) is 16.8 Å². The summed E-state index contributed by atoms with van der Waals surface area (Å²) in [7, 11) is 2.77. The van der Waals surface area contributed by atoms with Gasteiger partial charge >= 0.3 is 11.9 Å². The van der Waals surface area contributed by atoms with Crippen LogP contribution in [0, 0.1) is 5.92 Å². The maximum atomic E-state index is 11.3. The van der Waals surface area contributed by atoms with Crippen molar-refractivity contribution in [3.05, 3.63) is 29.3 Å². The summed E-state index contributed by atoms with van der Waals surface area (Å²) in [5.41, 5.74) is 1.16. The molecule has 8 heteroatoms. The Morgan fingerprint density at radius 1 is 1.13 bits per heavy atom. The number of methoxy groups -OCH3 is 2. The molecule has 3 N–H and O–H groups in total. The van der Waals surface area contributed by atoms with E-state index in [9.17, 15) is 14.4 Å². The van der Waals surface area contributed by atoms with Gasteiger partial charge in [0.1, 0.15) is 0 Å². The average molecular weight is 325 g/mol. The molecule has 8 nitrogen and oxygen atoms in total. The molecule has 0 radical (unpaired) electrons. The molecule has 0 fully saturated rings. The molecule has 0 unspecified atom stereocenters. The van der Waals surface area contributed by atoms with Crippen molar-refractivity contribution < 1.29 is 34.1 Å². The smallest absolute Gasteiger partial charge is 0.318 e. The van der Waals surface area contributed by atoms with Gasteiger partial charge in [-0.2, -0.15) is 0 Å². The zero-order valence-corrected chi connectivity index (χ0v) is 13.0. The van der Waals surface area contributed by atoms with Crippen LogP contribution < -0.4 is 5.32 Å². The fraction of sp³-hybridized carbons (Fsp3) is 0.400. The van der Waals surface area contributed by atoms with Crippen LogP contribution in [0.1, 0.15) is 24.3 Å². The number of aliphatic carboxylic acids is 2. The Kier molecular flexibility index (Phi) is 6.67. The molecule has 23 heavy (non-hydrogen) atoms. The van der Waals surface area contributed by atoms with Gasteiger partial charge in [-0.1, -0.05) is 12.1 Å². The van der Waals surface area contributed by atoms with E-state index in [0.717, 1.165) is 0 Å². The van der Waals surface area contributed by atoms with Crippen LogP contribution in [-0.2, 0) is 30.3 Å². The van der Waals surface area contributed by atoms with Gasteiger partial charge in [0, 0.05) is 32.4 Å². The van der Waals surface area contributed by atoms with E-state index in [-0.39, 0.29) is 12.3 Å². The first-order valence-corrected chi connectivity index (χ1v) is 6.72. The lowest BCUT2D eigenvalue weighted by atomic mass is 9.94. The van der Waals surface area contributed by atoms with Crippen molar-refractivity contribution >= 4 is 23.5 Å². The first-order valence-electron chi connectivity index (χ1n) is 6.72. The van der Waals surface area contributed by atoms with Gasteiger partial charge in [0.25, 0.3) is 0 Å². The zero-order chi connectivity index (χ0) is 17.6. The van der Waals surface area contributed by atoms with Crippen molar-refractivity contribution in [3.8, 4) is 0 Å². The molecule has 0 bridgehead atoms. The molecule has 0 aliphatic rings. The second-order valence-electron chi connectivity index (χ2n) is 4.80. The fourth-order valence-electron chi connectivity index (χ4n) is 2.20. The molecule has 0 saturated heterocycles. The van der Waals surface area contributed by atoms with Gasteiger partial charge in [0.05, 0.1) is 0 Å². The maximum Gasteiger partial charge on any atom is 0.318 e. The van der Waals surface area contributed by atoms with Crippen molar-refractivity contribution in [3.63, 3.8) is 0 Å². The topological polar surface area (TPSA) is 122 Å². The highest BCUT2D eigenvalue weighted by Crippen LogP contribution is 2.31. The summed E-state index contributed by atoms with van der Waals surface area (Å²) in [6, 6.07) is 4.76. The van der Waals surface area contributed by atoms with Crippen molar-refractivity contribution in [2.45, 2.75) is 19.6 Å². The Labute approximate surface area is 133 Å². The molecule has 0 aliphatic carbocycles. The van der Waals surface area contributed by atoms with Crippen LogP contribution in [0.15, 0.2) is 18.2 Å². The number of benzene rings is 1.